The Hall–Kier alpha value is 0.120. The Kier molecular flexibility index (Phi) is 1.47. The first-order valence-electron chi connectivity index (χ1n) is 3.85. The minimum absolute atomic E-state index is 0.252. The van der Waals surface area contributed by atoms with Gasteiger partial charge >= 0.3 is 0 Å². The lowest BCUT2D eigenvalue weighted by atomic mass is 9.97. The number of piperidine rings is 1. The van der Waals surface area contributed by atoms with Gasteiger partial charge in [-0.3, -0.25) is 0 Å². The molecule has 11 heavy (non-hydrogen) atoms. The van der Waals surface area contributed by atoms with Crippen molar-refractivity contribution < 1.29 is 0 Å². The van der Waals surface area contributed by atoms with Gasteiger partial charge < -0.3 is 5.32 Å². The van der Waals surface area contributed by atoms with Gasteiger partial charge in [-0.2, -0.15) is 0 Å². The van der Waals surface area contributed by atoms with Crippen LogP contribution in [-0.4, -0.2) is 10.4 Å². The SMILES string of the molecule is C=C1C[C@@H](C)[C@H]2[C@@H](N1)C2(Cl)Cl. The second kappa shape index (κ2) is 2.08. The third-order valence-corrected chi connectivity index (χ3v) is 3.62. The van der Waals surface area contributed by atoms with E-state index in [9.17, 15) is 0 Å². The quantitative estimate of drug-likeness (QED) is 0.580. The van der Waals surface area contributed by atoms with E-state index in [4.69, 9.17) is 23.2 Å². The molecule has 1 heterocycles. The zero-order chi connectivity index (χ0) is 8.22. The van der Waals surface area contributed by atoms with Crippen LogP contribution in [0.3, 0.4) is 0 Å². The van der Waals surface area contributed by atoms with E-state index in [1.54, 1.807) is 0 Å². The topological polar surface area (TPSA) is 12.0 Å². The molecule has 2 aliphatic rings. The highest BCUT2D eigenvalue weighted by molar-refractivity contribution is 6.52. The van der Waals surface area contributed by atoms with Crippen LogP contribution in [0, 0.1) is 11.8 Å². The Morgan fingerprint density at radius 2 is 2.27 bits per heavy atom. The number of nitrogens with one attached hydrogen (secondary N) is 1. The first kappa shape index (κ1) is 7.75. The largest absolute Gasteiger partial charge is 0.383 e. The molecule has 0 radical (unpaired) electrons. The minimum atomic E-state index is -0.529. The van der Waals surface area contributed by atoms with Crippen molar-refractivity contribution in [1.82, 2.24) is 5.32 Å². The average Bonchev–Trinajstić information content (AvgIpc) is 2.34. The van der Waals surface area contributed by atoms with E-state index in [-0.39, 0.29) is 6.04 Å². The Morgan fingerprint density at radius 1 is 1.64 bits per heavy atom. The number of fused-ring (bicyclic) bond motifs is 1. The van der Waals surface area contributed by atoms with Crippen LogP contribution in [0.15, 0.2) is 12.3 Å². The van der Waals surface area contributed by atoms with E-state index in [2.05, 4.69) is 18.8 Å². The van der Waals surface area contributed by atoms with Crippen molar-refractivity contribution in [3.63, 3.8) is 0 Å². The summed E-state index contributed by atoms with van der Waals surface area (Å²) in [5.74, 6) is 1.00. The van der Waals surface area contributed by atoms with E-state index < -0.39 is 4.33 Å². The predicted octanol–water partition coefficient (Wildman–Crippen LogP) is 2.30. The fourth-order valence-corrected chi connectivity index (χ4v) is 2.98. The van der Waals surface area contributed by atoms with Crippen molar-refractivity contribution in [3.8, 4) is 0 Å². The number of halogens is 2. The summed E-state index contributed by atoms with van der Waals surface area (Å²) in [6.45, 7) is 6.06. The van der Waals surface area contributed by atoms with Crippen LogP contribution < -0.4 is 5.32 Å². The molecule has 0 spiro atoms. The summed E-state index contributed by atoms with van der Waals surface area (Å²) in [6, 6.07) is 0.252. The highest BCUT2D eigenvalue weighted by Gasteiger charge is 2.66. The monoisotopic (exact) mass is 191 g/mol. The summed E-state index contributed by atoms with van der Waals surface area (Å²) in [5.41, 5.74) is 1.07. The Balaban J connectivity index is 2.17. The molecule has 0 aromatic heterocycles. The first-order valence-corrected chi connectivity index (χ1v) is 4.61. The molecule has 1 saturated heterocycles. The minimum Gasteiger partial charge on any atom is -0.383 e. The number of hydrogen-bond acceptors (Lipinski definition) is 1. The molecule has 0 aromatic carbocycles. The highest BCUT2D eigenvalue weighted by atomic mass is 35.5. The molecule has 3 heteroatoms. The van der Waals surface area contributed by atoms with Gasteiger partial charge in [0.05, 0.1) is 6.04 Å². The molecule has 1 aliphatic heterocycles. The average molecular weight is 192 g/mol. The number of alkyl halides is 2. The molecule has 2 rings (SSSR count). The van der Waals surface area contributed by atoms with Crippen molar-refractivity contribution >= 4 is 23.2 Å². The van der Waals surface area contributed by atoms with E-state index in [0.29, 0.717) is 11.8 Å². The maximum absolute atomic E-state index is 6.04. The third-order valence-electron chi connectivity index (χ3n) is 2.65. The lowest BCUT2D eigenvalue weighted by Crippen LogP contribution is -2.26. The van der Waals surface area contributed by atoms with Crippen LogP contribution in [0.25, 0.3) is 0 Å². The molecule has 62 valence electrons. The van der Waals surface area contributed by atoms with Gasteiger partial charge in [0.25, 0.3) is 0 Å². The number of hydrogen-bond donors (Lipinski definition) is 1. The summed E-state index contributed by atoms with van der Waals surface area (Å²) in [7, 11) is 0. The van der Waals surface area contributed by atoms with Crippen LogP contribution in [0.1, 0.15) is 13.3 Å². The van der Waals surface area contributed by atoms with Gasteiger partial charge in [0.15, 0.2) is 0 Å². The first-order chi connectivity index (χ1) is 5.03. The van der Waals surface area contributed by atoms with E-state index in [0.717, 1.165) is 12.1 Å². The fraction of sp³-hybridized carbons (Fsp3) is 0.750. The second-order valence-electron chi connectivity index (χ2n) is 3.61. The molecule has 2 fully saturated rings. The molecule has 3 atom stereocenters. The summed E-state index contributed by atoms with van der Waals surface area (Å²) < 4.78 is -0.529. The summed E-state index contributed by atoms with van der Waals surface area (Å²) in [4.78, 5) is 0. The van der Waals surface area contributed by atoms with E-state index >= 15 is 0 Å². The number of rotatable bonds is 0. The molecule has 0 amide bonds. The molecular weight excluding hydrogens is 181 g/mol. The summed E-state index contributed by atoms with van der Waals surface area (Å²) in [5, 5.41) is 3.22. The normalized spacial score (nSPS) is 46.1. The highest BCUT2D eigenvalue weighted by Crippen LogP contribution is 2.60. The lowest BCUT2D eigenvalue weighted by Gasteiger charge is -2.19. The van der Waals surface area contributed by atoms with Gasteiger partial charge in [-0.1, -0.05) is 36.7 Å². The van der Waals surface area contributed by atoms with Crippen LogP contribution in [0.5, 0.6) is 0 Å². The van der Waals surface area contributed by atoms with Crippen LogP contribution in [0.4, 0.5) is 0 Å². The van der Waals surface area contributed by atoms with Crippen molar-refractivity contribution in [2.24, 2.45) is 11.8 Å². The molecule has 1 saturated carbocycles. The van der Waals surface area contributed by atoms with Gasteiger partial charge in [0.2, 0.25) is 0 Å². The van der Waals surface area contributed by atoms with Gasteiger partial charge in [0.1, 0.15) is 4.33 Å². The van der Waals surface area contributed by atoms with E-state index in [1.165, 1.54) is 0 Å². The third kappa shape index (κ3) is 0.978. The molecule has 1 aliphatic carbocycles. The van der Waals surface area contributed by atoms with Crippen LogP contribution in [-0.2, 0) is 0 Å². The maximum Gasteiger partial charge on any atom is 0.143 e. The van der Waals surface area contributed by atoms with Gasteiger partial charge in [-0.15, -0.1) is 0 Å². The molecule has 1 nitrogen and oxygen atoms in total. The van der Waals surface area contributed by atoms with Crippen molar-refractivity contribution in [1.29, 1.82) is 0 Å². The van der Waals surface area contributed by atoms with Crippen molar-refractivity contribution in [2.75, 3.05) is 0 Å². The van der Waals surface area contributed by atoms with E-state index in [1.807, 2.05) is 0 Å². The van der Waals surface area contributed by atoms with Crippen molar-refractivity contribution in [2.45, 2.75) is 23.7 Å². The zero-order valence-electron chi connectivity index (χ0n) is 6.40. The summed E-state index contributed by atoms with van der Waals surface area (Å²) in [6.07, 6.45) is 1.00. The molecule has 0 bridgehead atoms. The Morgan fingerprint density at radius 3 is 2.82 bits per heavy atom. The smallest absolute Gasteiger partial charge is 0.143 e. The van der Waals surface area contributed by atoms with Crippen molar-refractivity contribution in [3.05, 3.63) is 12.3 Å². The van der Waals surface area contributed by atoms with Gasteiger partial charge in [-0.05, 0) is 12.3 Å². The maximum atomic E-state index is 6.04. The Labute approximate surface area is 76.7 Å². The molecule has 0 unspecified atom stereocenters. The van der Waals surface area contributed by atoms with Crippen LogP contribution >= 0.6 is 23.2 Å². The standard InChI is InChI=1S/C8H11Cl2N/c1-4-3-5(2)11-7-6(4)8(7,9)10/h4,6-7,11H,2-3H2,1H3/t4-,6+,7-/m1/s1. The summed E-state index contributed by atoms with van der Waals surface area (Å²) >= 11 is 12.1. The fourth-order valence-electron chi connectivity index (χ4n) is 2.04. The Bertz CT molecular complexity index is 212. The zero-order valence-corrected chi connectivity index (χ0v) is 7.91. The van der Waals surface area contributed by atoms with Gasteiger partial charge in [-0.25, -0.2) is 0 Å². The van der Waals surface area contributed by atoms with Gasteiger partial charge in [0, 0.05) is 11.6 Å². The molecular formula is C8H11Cl2N. The molecule has 0 aromatic rings. The number of allylic oxidation sites excluding steroid dienone is 1. The predicted molar refractivity (Wildman–Crippen MR) is 47.8 cm³/mol. The second-order valence-corrected chi connectivity index (χ2v) is 5.05. The van der Waals surface area contributed by atoms with Crippen LogP contribution in [0.2, 0.25) is 0 Å². The lowest BCUT2D eigenvalue weighted by molar-refractivity contribution is 0.426. The molecule has 1 N–H and O–H groups in total.